The van der Waals surface area contributed by atoms with Gasteiger partial charge in [0.2, 0.25) is 0 Å². The number of rotatable bonds is 10. The zero-order valence-corrected chi connectivity index (χ0v) is 16.5. The van der Waals surface area contributed by atoms with Crippen molar-refractivity contribution in [3.05, 3.63) is 35.9 Å². The zero-order valence-electron chi connectivity index (χ0n) is 14.9. The molecule has 0 bridgehead atoms. The minimum Gasteiger partial charge on any atom is -0.494 e. The Morgan fingerprint density at radius 2 is 1.75 bits per heavy atom. The lowest BCUT2D eigenvalue weighted by atomic mass is 10.2. The molecule has 1 rings (SSSR count). The first-order valence-corrected chi connectivity index (χ1v) is 8.12. The molecular formula is C18H31Cl2N3O. The Morgan fingerprint density at radius 1 is 1.12 bits per heavy atom. The molecule has 24 heavy (non-hydrogen) atoms. The summed E-state index contributed by atoms with van der Waals surface area (Å²) in [5.41, 5.74) is 6.99. The van der Waals surface area contributed by atoms with Gasteiger partial charge in [0.1, 0.15) is 11.6 Å². The molecule has 0 unspecified atom stereocenters. The van der Waals surface area contributed by atoms with Gasteiger partial charge in [0.25, 0.3) is 0 Å². The van der Waals surface area contributed by atoms with Crippen LogP contribution in [-0.2, 0) is 0 Å². The van der Waals surface area contributed by atoms with E-state index in [2.05, 4.69) is 30.7 Å². The second-order valence-electron chi connectivity index (χ2n) is 5.08. The number of likely N-dealkylation sites (N-methyl/N-ethyl adjacent to an activating group) is 1. The van der Waals surface area contributed by atoms with Gasteiger partial charge in [0.15, 0.2) is 0 Å². The van der Waals surface area contributed by atoms with Gasteiger partial charge in [-0.1, -0.05) is 39.0 Å². The van der Waals surface area contributed by atoms with E-state index in [1.165, 1.54) is 0 Å². The molecule has 138 valence electrons. The predicted octanol–water partition coefficient (Wildman–Crippen LogP) is 4.03. The van der Waals surface area contributed by atoms with Crippen LogP contribution < -0.4 is 10.5 Å². The van der Waals surface area contributed by atoms with Crippen molar-refractivity contribution in [2.24, 2.45) is 10.7 Å². The molecule has 0 aliphatic rings. The van der Waals surface area contributed by atoms with Gasteiger partial charge >= 0.3 is 0 Å². The van der Waals surface area contributed by atoms with E-state index in [1.54, 1.807) is 0 Å². The molecule has 0 saturated carbocycles. The van der Waals surface area contributed by atoms with Gasteiger partial charge in [-0.3, -0.25) is 4.99 Å². The van der Waals surface area contributed by atoms with Crippen LogP contribution in [0.15, 0.2) is 35.3 Å². The number of halogens is 2. The number of hydrogen-bond donors (Lipinski definition) is 1. The maximum atomic E-state index is 5.91. The minimum absolute atomic E-state index is 0. The average Bonchev–Trinajstić information content (AvgIpc) is 2.56. The van der Waals surface area contributed by atoms with Crippen molar-refractivity contribution in [2.75, 3.05) is 32.8 Å². The maximum absolute atomic E-state index is 5.91. The number of nitrogens with two attached hydrogens (primary N) is 1. The molecule has 0 atom stereocenters. The van der Waals surface area contributed by atoms with Crippen molar-refractivity contribution in [1.29, 1.82) is 0 Å². The topological polar surface area (TPSA) is 50.9 Å². The number of hydrogen-bond acceptors (Lipinski definition) is 3. The lowest BCUT2D eigenvalue weighted by Crippen LogP contribution is -2.26. The SMILES string of the molecule is CCCOc1ccc(/C=C/C(N)=NCCN(CC)CC)cc1.Cl.Cl. The fourth-order valence-electron chi connectivity index (χ4n) is 1.99. The van der Waals surface area contributed by atoms with Gasteiger partial charge in [0.05, 0.1) is 13.2 Å². The van der Waals surface area contributed by atoms with Crippen molar-refractivity contribution >= 4 is 36.7 Å². The van der Waals surface area contributed by atoms with Gasteiger partial charge < -0.3 is 15.4 Å². The summed E-state index contributed by atoms with van der Waals surface area (Å²) < 4.78 is 5.56. The van der Waals surface area contributed by atoms with Gasteiger partial charge in [-0.05, 0) is 43.3 Å². The summed E-state index contributed by atoms with van der Waals surface area (Å²) in [6.07, 6.45) is 4.84. The Kier molecular flexibility index (Phi) is 16.0. The first kappa shape index (κ1) is 25.0. The van der Waals surface area contributed by atoms with Crippen LogP contribution in [0.1, 0.15) is 32.8 Å². The van der Waals surface area contributed by atoms with E-state index in [0.29, 0.717) is 5.84 Å². The van der Waals surface area contributed by atoms with E-state index in [4.69, 9.17) is 10.5 Å². The van der Waals surface area contributed by atoms with Gasteiger partial charge in [-0.25, -0.2) is 0 Å². The van der Waals surface area contributed by atoms with Gasteiger partial charge in [0, 0.05) is 6.54 Å². The van der Waals surface area contributed by atoms with E-state index in [1.807, 2.05) is 36.4 Å². The van der Waals surface area contributed by atoms with Crippen LogP contribution in [0.4, 0.5) is 0 Å². The largest absolute Gasteiger partial charge is 0.494 e. The number of ether oxygens (including phenoxy) is 1. The summed E-state index contributed by atoms with van der Waals surface area (Å²) >= 11 is 0. The molecule has 0 aromatic heterocycles. The molecule has 1 aromatic carbocycles. The first-order chi connectivity index (χ1) is 10.7. The molecule has 0 amide bonds. The normalized spacial score (nSPS) is 11.2. The summed E-state index contributed by atoms with van der Waals surface area (Å²) in [6, 6.07) is 7.99. The Bertz CT molecular complexity index is 472. The van der Waals surface area contributed by atoms with Crippen molar-refractivity contribution in [3.8, 4) is 5.75 Å². The van der Waals surface area contributed by atoms with Gasteiger partial charge in [-0.2, -0.15) is 0 Å². The molecule has 1 aromatic rings. The summed E-state index contributed by atoms with van der Waals surface area (Å²) in [6.45, 7) is 10.9. The standard InChI is InChI=1S/C18H29N3O.2ClH/c1-4-15-22-17-10-7-16(8-11-17)9-12-18(19)20-13-14-21(5-2)6-3;;/h7-12H,4-6,13-15H2,1-3H3,(H2,19,20);2*1H/b12-9+;;. The van der Waals surface area contributed by atoms with Crippen LogP contribution in [0, 0.1) is 0 Å². The molecule has 0 heterocycles. The number of nitrogens with zero attached hydrogens (tertiary/aromatic N) is 2. The fourth-order valence-corrected chi connectivity index (χ4v) is 1.99. The van der Waals surface area contributed by atoms with E-state index >= 15 is 0 Å². The third-order valence-electron chi connectivity index (χ3n) is 3.40. The Morgan fingerprint density at radius 3 is 2.29 bits per heavy atom. The van der Waals surface area contributed by atoms with Crippen LogP contribution in [0.25, 0.3) is 6.08 Å². The highest BCUT2D eigenvalue weighted by Crippen LogP contribution is 2.13. The number of aliphatic imine (C=N–C) groups is 1. The Balaban J connectivity index is 0. The Labute approximate surface area is 159 Å². The monoisotopic (exact) mass is 375 g/mol. The van der Waals surface area contributed by atoms with E-state index in [-0.39, 0.29) is 24.8 Å². The molecule has 4 nitrogen and oxygen atoms in total. The number of amidine groups is 1. The van der Waals surface area contributed by atoms with Crippen molar-refractivity contribution in [3.63, 3.8) is 0 Å². The van der Waals surface area contributed by atoms with Crippen molar-refractivity contribution in [2.45, 2.75) is 27.2 Å². The highest BCUT2D eigenvalue weighted by atomic mass is 35.5. The van der Waals surface area contributed by atoms with Crippen LogP contribution in [-0.4, -0.2) is 43.5 Å². The van der Waals surface area contributed by atoms with E-state index < -0.39 is 0 Å². The molecule has 6 heteroatoms. The van der Waals surface area contributed by atoms with Crippen LogP contribution in [0.2, 0.25) is 0 Å². The van der Waals surface area contributed by atoms with Crippen LogP contribution >= 0.6 is 24.8 Å². The lowest BCUT2D eigenvalue weighted by Gasteiger charge is -2.15. The van der Waals surface area contributed by atoms with Crippen LogP contribution in [0.3, 0.4) is 0 Å². The second-order valence-corrected chi connectivity index (χ2v) is 5.08. The molecule has 0 aliphatic carbocycles. The smallest absolute Gasteiger partial charge is 0.119 e. The summed E-state index contributed by atoms with van der Waals surface area (Å²) in [5.74, 6) is 1.47. The van der Waals surface area contributed by atoms with Crippen molar-refractivity contribution < 1.29 is 4.74 Å². The van der Waals surface area contributed by atoms with Crippen molar-refractivity contribution in [1.82, 2.24) is 4.90 Å². The van der Waals surface area contributed by atoms with Gasteiger partial charge in [-0.15, -0.1) is 24.8 Å². The molecule has 0 fully saturated rings. The third-order valence-corrected chi connectivity index (χ3v) is 3.40. The third kappa shape index (κ3) is 10.5. The summed E-state index contributed by atoms with van der Waals surface area (Å²) in [5, 5.41) is 0. The first-order valence-electron chi connectivity index (χ1n) is 8.12. The maximum Gasteiger partial charge on any atom is 0.119 e. The molecule has 2 N–H and O–H groups in total. The molecule has 0 saturated heterocycles. The Hall–Kier alpha value is -1.23. The highest BCUT2D eigenvalue weighted by molar-refractivity contribution is 5.95. The summed E-state index contributed by atoms with van der Waals surface area (Å²) in [7, 11) is 0. The van der Waals surface area contributed by atoms with Crippen LogP contribution in [0.5, 0.6) is 5.75 Å². The molecular weight excluding hydrogens is 345 g/mol. The second kappa shape index (κ2) is 15.3. The summed E-state index contributed by atoms with van der Waals surface area (Å²) in [4.78, 5) is 6.70. The highest BCUT2D eigenvalue weighted by Gasteiger charge is 1.97. The molecule has 0 spiro atoms. The van der Waals surface area contributed by atoms with E-state index in [0.717, 1.165) is 50.5 Å². The zero-order chi connectivity index (χ0) is 16.2. The molecule has 0 aliphatic heterocycles. The van der Waals surface area contributed by atoms with E-state index in [9.17, 15) is 0 Å². The fraction of sp³-hybridized carbons (Fsp3) is 0.500. The lowest BCUT2D eigenvalue weighted by molar-refractivity contribution is 0.313. The quantitative estimate of drug-likeness (QED) is 0.495. The average molecular weight is 376 g/mol. The molecule has 0 radical (unpaired) electrons. The predicted molar refractivity (Wildman–Crippen MR) is 110 cm³/mol. The minimum atomic E-state index is 0. The number of benzene rings is 1.